The first-order chi connectivity index (χ1) is 13.7. The molecule has 1 aliphatic carbocycles. The van der Waals surface area contributed by atoms with Gasteiger partial charge in [-0.1, -0.05) is 42.6 Å². The number of nitrogens with zero attached hydrogens (tertiary/aromatic N) is 2. The average Bonchev–Trinajstić information content (AvgIpc) is 3.25. The van der Waals surface area contributed by atoms with Gasteiger partial charge in [-0.25, -0.2) is 0 Å². The monoisotopic (exact) mass is 393 g/mol. The lowest BCUT2D eigenvalue weighted by Crippen LogP contribution is -2.34. The summed E-state index contributed by atoms with van der Waals surface area (Å²) in [4.78, 5) is 22.3. The normalized spacial score (nSPS) is 14.6. The Bertz CT molecular complexity index is 963. The van der Waals surface area contributed by atoms with Crippen molar-refractivity contribution in [2.75, 3.05) is 0 Å². The van der Waals surface area contributed by atoms with E-state index < -0.39 is 0 Å². The second-order valence-corrected chi connectivity index (χ2v) is 7.85. The zero-order valence-corrected chi connectivity index (χ0v) is 16.5. The predicted octanol–water partition coefficient (Wildman–Crippen LogP) is 5.04. The van der Waals surface area contributed by atoms with E-state index in [1.54, 1.807) is 6.20 Å². The fourth-order valence-corrected chi connectivity index (χ4v) is 4.09. The van der Waals surface area contributed by atoms with Gasteiger partial charge in [0.25, 0.3) is 5.56 Å². The third-order valence-electron chi connectivity index (χ3n) is 5.46. The Kier molecular flexibility index (Phi) is 5.89. The van der Waals surface area contributed by atoms with Crippen LogP contribution < -0.4 is 5.56 Å². The van der Waals surface area contributed by atoms with Crippen molar-refractivity contribution in [1.82, 2.24) is 14.9 Å². The van der Waals surface area contributed by atoms with Crippen LogP contribution in [0, 0.1) is 0 Å². The number of benzene rings is 1. The van der Waals surface area contributed by atoms with Crippen LogP contribution in [0.4, 0.5) is 0 Å². The zero-order valence-electron chi connectivity index (χ0n) is 15.8. The number of pyridine rings is 2. The molecule has 5 heteroatoms. The highest BCUT2D eigenvalue weighted by Gasteiger charge is 2.24. The van der Waals surface area contributed by atoms with Crippen LogP contribution in [0.2, 0.25) is 5.02 Å². The number of H-pyrrole nitrogens is 1. The molecule has 28 heavy (non-hydrogen) atoms. The van der Waals surface area contributed by atoms with E-state index in [1.807, 2.05) is 48.7 Å². The largest absolute Gasteiger partial charge is 0.328 e. The van der Waals surface area contributed by atoms with E-state index in [1.165, 1.54) is 25.7 Å². The molecular formula is C23H24ClN3O. The minimum atomic E-state index is -0.0262. The number of nitrogens with one attached hydrogen (secondary N) is 1. The molecule has 2 aromatic heterocycles. The fourth-order valence-electron chi connectivity index (χ4n) is 3.96. The molecule has 0 bridgehead atoms. The van der Waals surface area contributed by atoms with Crippen molar-refractivity contribution >= 4 is 11.6 Å². The number of halogens is 1. The van der Waals surface area contributed by atoms with Crippen LogP contribution in [0.3, 0.4) is 0 Å². The van der Waals surface area contributed by atoms with Crippen LogP contribution in [0.15, 0.2) is 65.7 Å². The Morgan fingerprint density at radius 3 is 2.54 bits per heavy atom. The summed E-state index contributed by atoms with van der Waals surface area (Å²) in [5, 5.41) is 0.705. The smallest absolute Gasteiger partial charge is 0.252 e. The van der Waals surface area contributed by atoms with Crippen molar-refractivity contribution < 1.29 is 0 Å². The maximum Gasteiger partial charge on any atom is 0.252 e. The van der Waals surface area contributed by atoms with Crippen molar-refractivity contribution in [3.8, 4) is 11.1 Å². The molecule has 1 fully saturated rings. The standard InChI is InChI=1S/C23H24ClN3O/c24-20-10-8-17(9-11-20)18-13-19(23(28)26-14-18)15-27(22-6-1-2-7-22)16-21-5-3-4-12-25-21/h3-5,8-14,22H,1-2,6-7,15-16H2,(H,26,28). The average molecular weight is 394 g/mol. The summed E-state index contributed by atoms with van der Waals surface area (Å²) < 4.78 is 0. The van der Waals surface area contributed by atoms with Gasteiger partial charge in [0.1, 0.15) is 0 Å². The highest BCUT2D eigenvalue weighted by atomic mass is 35.5. The van der Waals surface area contributed by atoms with E-state index in [2.05, 4.69) is 20.9 Å². The topological polar surface area (TPSA) is 49.0 Å². The minimum absolute atomic E-state index is 0.0262. The molecule has 0 aliphatic heterocycles. The van der Waals surface area contributed by atoms with Crippen LogP contribution in [0.1, 0.15) is 36.9 Å². The van der Waals surface area contributed by atoms with Crippen LogP contribution in [0.25, 0.3) is 11.1 Å². The first-order valence-corrected chi connectivity index (χ1v) is 10.2. The van der Waals surface area contributed by atoms with Crippen molar-refractivity contribution in [2.24, 2.45) is 0 Å². The highest BCUT2D eigenvalue weighted by Crippen LogP contribution is 2.27. The summed E-state index contributed by atoms with van der Waals surface area (Å²) in [6.07, 6.45) is 8.47. The maximum atomic E-state index is 12.5. The lowest BCUT2D eigenvalue weighted by Gasteiger charge is -2.28. The number of aromatic nitrogens is 2. The van der Waals surface area contributed by atoms with E-state index in [0.29, 0.717) is 17.6 Å². The van der Waals surface area contributed by atoms with Crippen LogP contribution in [-0.4, -0.2) is 20.9 Å². The molecular weight excluding hydrogens is 370 g/mol. The van der Waals surface area contributed by atoms with E-state index in [-0.39, 0.29) is 5.56 Å². The minimum Gasteiger partial charge on any atom is -0.328 e. The van der Waals surface area contributed by atoms with Crippen LogP contribution >= 0.6 is 11.6 Å². The first-order valence-electron chi connectivity index (χ1n) is 9.80. The molecule has 0 saturated heterocycles. The molecule has 4 nitrogen and oxygen atoms in total. The Morgan fingerprint density at radius 2 is 1.82 bits per heavy atom. The molecule has 0 spiro atoms. The second-order valence-electron chi connectivity index (χ2n) is 7.41. The summed E-state index contributed by atoms with van der Waals surface area (Å²) in [6, 6.07) is 16.2. The van der Waals surface area contributed by atoms with E-state index >= 15 is 0 Å². The second kappa shape index (κ2) is 8.72. The van der Waals surface area contributed by atoms with E-state index in [4.69, 9.17) is 11.6 Å². The van der Waals surface area contributed by atoms with Gasteiger partial charge in [0.2, 0.25) is 0 Å². The molecule has 3 aromatic rings. The maximum absolute atomic E-state index is 12.5. The third kappa shape index (κ3) is 4.51. The SMILES string of the molecule is O=c1[nH]cc(-c2ccc(Cl)cc2)cc1CN(Cc1ccccn1)C1CCCC1. The fraction of sp³-hybridized carbons (Fsp3) is 0.304. The van der Waals surface area contributed by atoms with Crippen molar-refractivity contribution in [3.63, 3.8) is 0 Å². The summed E-state index contributed by atoms with van der Waals surface area (Å²) in [5.41, 5.74) is 3.84. The summed E-state index contributed by atoms with van der Waals surface area (Å²) in [5.74, 6) is 0. The molecule has 1 N–H and O–H groups in total. The van der Waals surface area contributed by atoms with Crippen LogP contribution in [-0.2, 0) is 13.1 Å². The predicted molar refractivity (Wildman–Crippen MR) is 113 cm³/mol. The lowest BCUT2D eigenvalue weighted by molar-refractivity contribution is 0.177. The molecule has 0 radical (unpaired) electrons. The van der Waals surface area contributed by atoms with Gasteiger partial charge in [-0.05, 0) is 54.3 Å². The molecule has 4 rings (SSSR count). The highest BCUT2D eigenvalue weighted by molar-refractivity contribution is 6.30. The van der Waals surface area contributed by atoms with Crippen molar-refractivity contribution in [1.29, 1.82) is 0 Å². The number of hydrogen-bond acceptors (Lipinski definition) is 3. The summed E-state index contributed by atoms with van der Waals surface area (Å²) in [6.45, 7) is 1.38. The van der Waals surface area contributed by atoms with E-state index in [0.717, 1.165) is 28.9 Å². The molecule has 0 amide bonds. The Hall–Kier alpha value is -2.43. The molecule has 1 saturated carbocycles. The van der Waals surface area contributed by atoms with Gasteiger partial charge in [-0.2, -0.15) is 0 Å². The summed E-state index contributed by atoms with van der Waals surface area (Å²) in [7, 11) is 0. The lowest BCUT2D eigenvalue weighted by atomic mass is 10.1. The molecule has 2 heterocycles. The Labute approximate surface area is 170 Å². The Balaban J connectivity index is 1.61. The molecule has 0 atom stereocenters. The van der Waals surface area contributed by atoms with Gasteiger partial charge >= 0.3 is 0 Å². The third-order valence-corrected chi connectivity index (χ3v) is 5.72. The number of hydrogen-bond donors (Lipinski definition) is 1. The van der Waals surface area contributed by atoms with Gasteiger partial charge in [-0.15, -0.1) is 0 Å². The molecule has 0 unspecified atom stereocenters. The van der Waals surface area contributed by atoms with Gasteiger partial charge in [0.15, 0.2) is 0 Å². The zero-order chi connectivity index (χ0) is 19.3. The number of rotatable bonds is 6. The Morgan fingerprint density at radius 1 is 1.04 bits per heavy atom. The van der Waals surface area contributed by atoms with Gasteiger partial charge in [0.05, 0.1) is 5.69 Å². The number of aromatic amines is 1. The molecule has 144 valence electrons. The van der Waals surface area contributed by atoms with Gasteiger partial charge < -0.3 is 4.98 Å². The quantitative estimate of drug-likeness (QED) is 0.638. The van der Waals surface area contributed by atoms with Gasteiger partial charge in [0, 0.05) is 42.1 Å². The van der Waals surface area contributed by atoms with Crippen molar-refractivity contribution in [3.05, 3.63) is 87.6 Å². The van der Waals surface area contributed by atoms with Gasteiger partial charge in [-0.3, -0.25) is 14.7 Å². The molecule has 1 aliphatic rings. The summed E-state index contributed by atoms with van der Waals surface area (Å²) >= 11 is 6.00. The molecule has 1 aromatic carbocycles. The van der Waals surface area contributed by atoms with Crippen LogP contribution in [0.5, 0.6) is 0 Å². The van der Waals surface area contributed by atoms with E-state index in [9.17, 15) is 4.79 Å². The first kappa shape index (κ1) is 18.9. The van der Waals surface area contributed by atoms with Crippen molar-refractivity contribution in [2.45, 2.75) is 44.8 Å².